The summed E-state index contributed by atoms with van der Waals surface area (Å²) in [6, 6.07) is 24.8. The van der Waals surface area contributed by atoms with E-state index >= 15 is 0 Å². The minimum Gasteiger partial charge on any atom is -0.355 e. The Morgan fingerprint density at radius 1 is 0.826 bits per heavy atom. The predicted octanol–water partition coefficient (Wildman–Crippen LogP) is 5.16. The average Bonchev–Trinajstić information content (AvgIpc) is 3.06. The molecule has 0 radical (unpaired) electrons. The molecule has 0 spiro atoms. The Hall–Kier alpha value is -2.39. The van der Waals surface area contributed by atoms with Crippen LogP contribution in [-0.4, -0.2) is 5.78 Å². The molecule has 0 aliphatic heterocycles. The molecule has 116 valence electrons. The predicted molar refractivity (Wildman–Crippen MR) is 97.1 cm³/mol. The molecule has 0 saturated heterocycles. The molecule has 0 aliphatic rings. The van der Waals surface area contributed by atoms with Crippen molar-refractivity contribution >= 4 is 22.1 Å². The standard InChI is InChI=1S/C20H19NOS/c1-16(22)19-12-13-20(23-19)21(14-17-8-4-2-5-9-17)15-18-10-6-3-7-11-18/h2-13H,14-15H2,1H3. The van der Waals surface area contributed by atoms with Gasteiger partial charge in [0.05, 0.1) is 9.88 Å². The Bertz CT molecular complexity index is 723. The van der Waals surface area contributed by atoms with E-state index in [4.69, 9.17) is 0 Å². The Morgan fingerprint density at radius 3 is 1.78 bits per heavy atom. The Balaban J connectivity index is 1.87. The van der Waals surface area contributed by atoms with Crippen LogP contribution in [0.25, 0.3) is 0 Å². The zero-order valence-corrected chi connectivity index (χ0v) is 13.9. The highest BCUT2D eigenvalue weighted by molar-refractivity contribution is 7.18. The number of nitrogens with zero attached hydrogens (tertiary/aromatic N) is 1. The fourth-order valence-electron chi connectivity index (χ4n) is 2.51. The lowest BCUT2D eigenvalue weighted by atomic mass is 10.2. The molecule has 3 heteroatoms. The number of rotatable bonds is 6. The van der Waals surface area contributed by atoms with E-state index in [1.54, 1.807) is 18.3 Å². The molecule has 2 nitrogen and oxygen atoms in total. The van der Waals surface area contributed by atoms with Gasteiger partial charge in [-0.2, -0.15) is 0 Å². The van der Waals surface area contributed by atoms with Crippen molar-refractivity contribution in [3.8, 4) is 0 Å². The van der Waals surface area contributed by atoms with Gasteiger partial charge < -0.3 is 4.90 Å². The molecule has 1 heterocycles. The van der Waals surface area contributed by atoms with Crippen LogP contribution in [0.3, 0.4) is 0 Å². The number of anilines is 1. The van der Waals surface area contributed by atoms with Crippen LogP contribution in [0.1, 0.15) is 27.7 Å². The minimum atomic E-state index is 0.126. The molecule has 3 aromatic rings. The van der Waals surface area contributed by atoms with Crippen molar-refractivity contribution in [3.05, 3.63) is 88.8 Å². The van der Waals surface area contributed by atoms with Crippen LogP contribution >= 0.6 is 11.3 Å². The Kier molecular flexibility index (Phi) is 4.89. The van der Waals surface area contributed by atoms with E-state index in [9.17, 15) is 4.79 Å². The lowest BCUT2D eigenvalue weighted by molar-refractivity contribution is 0.102. The van der Waals surface area contributed by atoms with Crippen molar-refractivity contribution in [2.75, 3.05) is 4.90 Å². The molecule has 0 atom stereocenters. The number of carbonyl (C=O) groups excluding carboxylic acids is 1. The molecule has 2 aromatic carbocycles. The summed E-state index contributed by atoms with van der Waals surface area (Å²) in [5.74, 6) is 0.126. The van der Waals surface area contributed by atoms with Crippen LogP contribution in [0.5, 0.6) is 0 Å². The van der Waals surface area contributed by atoms with Crippen molar-refractivity contribution < 1.29 is 4.79 Å². The first-order valence-electron chi connectivity index (χ1n) is 7.66. The van der Waals surface area contributed by atoms with E-state index in [0.29, 0.717) is 0 Å². The molecule has 3 rings (SSSR count). The Labute approximate surface area is 141 Å². The number of carbonyl (C=O) groups is 1. The molecular weight excluding hydrogens is 302 g/mol. The second-order valence-electron chi connectivity index (χ2n) is 5.52. The summed E-state index contributed by atoms with van der Waals surface area (Å²) in [6.45, 7) is 3.27. The van der Waals surface area contributed by atoms with Crippen LogP contribution in [0.2, 0.25) is 0 Å². The topological polar surface area (TPSA) is 20.3 Å². The maximum absolute atomic E-state index is 11.6. The van der Waals surface area contributed by atoms with Gasteiger partial charge in [0.1, 0.15) is 0 Å². The Morgan fingerprint density at radius 2 is 1.35 bits per heavy atom. The van der Waals surface area contributed by atoms with Gasteiger partial charge >= 0.3 is 0 Å². The van der Waals surface area contributed by atoms with Gasteiger partial charge in [0, 0.05) is 13.1 Å². The summed E-state index contributed by atoms with van der Waals surface area (Å²) in [6.07, 6.45) is 0. The van der Waals surface area contributed by atoms with E-state index in [-0.39, 0.29) is 5.78 Å². The molecule has 23 heavy (non-hydrogen) atoms. The molecule has 0 aliphatic carbocycles. The zero-order valence-electron chi connectivity index (χ0n) is 13.1. The third kappa shape index (κ3) is 4.08. The second-order valence-corrected chi connectivity index (χ2v) is 6.58. The summed E-state index contributed by atoms with van der Waals surface area (Å²) in [7, 11) is 0. The van der Waals surface area contributed by atoms with Gasteiger partial charge in [0.2, 0.25) is 0 Å². The monoisotopic (exact) mass is 321 g/mol. The van der Waals surface area contributed by atoms with Gasteiger partial charge in [0.25, 0.3) is 0 Å². The van der Waals surface area contributed by atoms with Gasteiger partial charge in [-0.25, -0.2) is 0 Å². The molecule has 0 bridgehead atoms. The maximum Gasteiger partial charge on any atom is 0.169 e. The van der Waals surface area contributed by atoms with Gasteiger partial charge in [-0.15, -0.1) is 11.3 Å². The first-order valence-corrected chi connectivity index (χ1v) is 8.47. The highest BCUT2D eigenvalue weighted by Crippen LogP contribution is 2.29. The number of hydrogen-bond donors (Lipinski definition) is 0. The molecule has 0 fully saturated rings. The van der Waals surface area contributed by atoms with Crippen molar-refractivity contribution in [2.24, 2.45) is 0 Å². The summed E-state index contributed by atoms with van der Waals surface area (Å²) in [5.41, 5.74) is 2.53. The second kappa shape index (κ2) is 7.25. The summed E-state index contributed by atoms with van der Waals surface area (Å²) < 4.78 is 0. The maximum atomic E-state index is 11.6. The van der Waals surface area contributed by atoms with Crippen molar-refractivity contribution in [3.63, 3.8) is 0 Å². The summed E-state index contributed by atoms with van der Waals surface area (Å²) in [4.78, 5) is 14.7. The molecule has 0 N–H and O–H groups in total. The van der Waals surface area contributed by atoms with E-state index < -0.39 is 0 Å². The van der Waals surface area contributed by atoms with Crippen molar-refractivity contribution in [1.82, 2.24) is 0 Å². The van der Waals surface area contributed by atoms with E-state index in [2.05, 4.69) is 53.4 Å². The number of Topliss-reactive ketones (excluding diaryl/α,β-unsaturated/α-hetero) is 1. The zero-order chi connectivity index (χ0) is 16.1. The number of hydrogen-bond acceptors (Lipinski definition) is 3. The first kappa shape index (κ1) is 15.5. The molecule has 1 aromatic heterocycles. The quantitative estimate of drug-likeness (QED) is 0.585. The van der Waals surface area contributed by atoms with Crippen molar-refractivity contribution in [1.29, 1.82) is 0 Å². The fraction of sp³-hybridized carbons (Fsp3) is 0.150. The first-order chi connectivity index (χ1) is 11.2. The molecule has 0 amide bonds. The van der Waals surface area contributed by atoms with Crippen LogP contribution in [-0.2, 0) is 13.1 Å². The number of ketones is 1. The average molecular weight is 321 g/mol. The lowest BCUT2D eigenvalue weighted by Crippen LogP contribution is -2.21. The molecular formula is C20H19NOS. The van der Waals surface area contributed by atoms with Gasteiger partial charge in [-0.1, -0.05) is 60.7 Å². The third-order valence-electron chi connectivity index (χ3n) is 3.68. The van der Waals surface area contributed by atoms with E-state index in [1.165, 1.54) is 11.1 Å². The van der Waals surface area contributed by atoms with Crippen LogP contribution < -0.4 is 4.90 Å². The SMILES string of the molecule is CC(=O)c1ccc(N(Cc2ccccc2)Cc2ccccc2)s1. The van der Waals surface area contributed by atoms with Crippen LogP contribution in [0.15, 0.2) is 72.8 Å². The summed E-state index contributed by atoms with van der Waals surface area (Å²) >= 11 is 1.56. The lowest BCUT2D eigenvalue weighted by Gasteiger charge is -2.23. The number of thiophene rings is 1. The van der Waals surface area contributed by atoms with Gasteiger partial charge in [-0.05, 0) is 30.2 Å². The van der Waals surface area contributed by atoms with E-state index in [1.807, 2.05) is 24.3 Å². The smallest absolute Gasteiger partial charge is 0.169 e. The molecule has 0 unspecified atom stereocenters. The van der Waals surface area contributed by atoms with E-state index in [0.717, 1.165) is 23.0 Å². The van der Waals surface area contributed by atoms with Gasteiger partial charge in [0.15, 0.2) is 5.78 Å². The largest absolute Gasteiger partial charge is 0.355 e. The highest BCUT2D eigenvalue weighted by atomic mass is 32.1. The van der Waals surface area contributed by atoms with Crippen molar-refractivity contribution in [2.45, 2.75) is 20.0 Å². The minimum absolute atomic E-state index is 0.126. The fourth-order valence-corrected chi connectivity index (χ4v) is 3.41. The number of benzene rings is 2. The summed E-state index contributed by atoms with van der Waals surface area (Å²) in [5, 5.41) is 1.13. The highest BCUT2D eigenvalue weighted by Gasteiger charge is 2.12. The van der Waals surface area contributed by atoms with Crippen LogP contribution in [0, 0.1) is 0 Å². The molecule has 0 saturated carbocycles. The van der Waals surface area contributed by atoms with Crippen LogP contribution in [0.4, 0.5) is 5.00 Å². The normalized spacial score (nSPS) is 10.5. The third-order valence-corrected chi connectivity index (χ3v) is 4.93. The van der Waals surface area contributed by atoms with Gasteiger partial charge in [-0.3, -0.25) is 4.79 Å².